The van der Waals surface area contributed by atoms with Crippen LogP contribution in [0.3, 0.4) is 0 Å². The Hall–Kier alpha value is -0.860. The number of aliphatic hydroxyl groups excluding tert-OH is 1. The van der Waals surface area contributed by atoms with Gasteiger partial charge in [-0.05, 0) is 31.9 Å². The molecule has 2 heteroatoms. The highest BCUT2D eigenvalue weighted by molar-refractivity contribution is 5.30. The lowest BCUT2D eigenvalue weighted by Gasteiger charge is -2.26. The van der Waals surface area contributed by atoms with Gasteiger partial charge in [-0.15, -0.1) is 0 Å². The average molecular weight is 263 g/mol. The van der Waals surface area contributed by atoms with Crippen LogP contribution < -0.4 is 0 Å². The minimum Gasteiger partial charge on any atom is -0.387 e. The lowest BCUT2D eigenvalue weighted by atomic mass is 10.0. The molecular formula is C17H29NO. The molecule has 0 heterocycles. The first-order chi connectivity index (χ1) is 8.96. The molecule has 2 unspecified atom stereocenters. The number of nitrogens with zero attached hydrogens (tertiary/aromatic N) is 1. The van der Waals surface area contributed by atoms with Gasteiger partial charge in [0.25, 0.3) is 0 Å². The summed E-state index contributed by atoms with van der Waals surface area (Å²) in [7, 11) is 0. The molecule has 2 nitrogen and oxygen atoms in total. The van der Waals surface area contributed by atoms with Gasteiger partial charge >= 0.3 is 0 Å². The molecule has 19 heavy (non-hydrogen) atoms. The molecule has 108 valence electrons. The molecule has 0 aromatic heterocycles. The quantitative estimate of drug-likeness (QED) is 0.810. The fraction of sp³-hybridized carbons (Fsp3) is 0.647. The van der Waals surface area contributed by atoms with Crippen molar-refractivity contribution in [3.63, 3.8) is 0 Å². The molecule has 0 fully saturated rings. The second kappa shape index (κ2) is 7.66. The van der Waals surface area contributed by atoms with Crippen LogP contribution in [0.25, 0.3) is 0 Å². The van der Waals surface area contributed by atoms with Gasteiger partial charge in [0.15, 0.2) is 0 Å². The van der Waals surface area contributed by atoms with E-state index in [1.807, 2.05) is 0 Å². The summed E-state index contributed by atoms with van der Waals surface area (Å²) in [4.78, 5) is 2.34. The average Bonchev–Trinajstić information content (AvgIpc) is 2.36. The van der Waals surface area contributed by atoms with Crippen molar-refractivity contribution in [3.8, 4) is 0 Å². The zero-order valence-corrected chi connectivity index (χ0v) is 13.1. The first-order valence-corrected chi connectivity index (χ1v) is 7.44. The van der Waals surface area contributed by atoms with E-state index in [2.05, 4.69) is 57.7 Å². The van der Waals surface area contributed by atoms with Crippen molar-refractivity contribution in [2.24, 2.45) is 5.92 Å². The Morgan fingerprint density at radius 3 is 2.11 bits per heavy atom. The van der Waals surface area contributed by atoms with E-state index < -0.39 is 0 Å². The minimum absolute atomic E-state index is 0.386. The Bertz CT molecular complexity index is 369. The predicted octanol–water partition coefficient (Wildman–Crippen LogP) is 3.70. The molecule has 1 aromatic carbocycles. The predicted molar refractivity (Wildman–Crippen MR) is 82.4 cm³/mol. The second-order valence-electron chi connectivity index (χ2n) is 5.80. The number of likely N-dealkylation sites (N-methyl/N-ethyl adjacent to an activating group) is 1. The maximum absolute atomic E-state index is 10.4. The van der Waals surface area contributed by atoms with Crippen LogP contribution in [0.2, 0.25) is 0 Å². The Kier molecular flexibility index (Phi) is 6.53. The summed E-state index contributed by atoms with van der Waals surface area (Å²) in [6.07, 6.45) is 0.804. The highest BCUT2D eigenvalue weighted by Gasteiger charge is 2.14. The van der Waals surface area contributed by atoms with Crippen LogP contribution >= 0.6 is 0 Å². The van der Waals surface area contributed by atoms with E-state index in [1.165, 1.54) is 17.5 Å². The van der Waals surface area contributed by atoms with Gasteiger partial charge in [0.1, 0.15) is 0 Å². The van der Waals surface area contributed by atoms with E-state index in [1.54, 1.807) is 0 Å². The Morgan fingerprint density at radius 1 is 1.05 bits per heavy atom. The van der Waals surface area contributed by atoms with Gasteiger partial charge in [-0.3, -0.25) is 0 Å². The van der Waals surface area contributed by atoms with Gasteiger partial charge < -0.3 is 10.0 Å². The number of hydrogen-bond donors (Lipinski definition) is 1. The van der Waals surface area contributed by atoms with Crippen LogP contribution in [0.15, 0.2) is 18.2 Å². The van der Waals surface area contributed by atoms with Crippen LogP contribution in [0.5, 0.6) is 0 Å². The summed E-state index contributed by atoms with van der Waals surface area (Å²) in [5, 5.41) is 10.4. The van der Waals surface area contributed by atoms with Crippen LogP contribution in [0.1, 0.15) is 50.0 Å². The summed E-state index contributed by atoms with van der Waals surface area (Å²) < 4.78 is 0. The van der Waals surface area contributed by atoms with E-state index >= 15 is 0 Å². The molecule has 0 spiro atoms. The molecular weight excluding hydrogens is 234 g/mol. The second-order valence-corrected chi connectivity index (χ2v) is 5.80. The van der Waals surface area contributed by atoms with Gasteiger partial charge in [0.05, 0.1) is 6.10 Å². The highest BCUT2D eigenvalue weighted by atomic mass is 16.3. The fourth-order valence-corrected chi connectivity index (χ4v) is 2.45. The fourth-order valence-electron chi connectivity index (χ4n) is 2.45. The first kappa shape index (κ1) is 16.2. The van der Waals surface area contributed by atoms with Crippen molar-refractivity contribution < 1.29 is 5.11 Å². The zero-order chi connectivity index (χ0) is 14.4. The maximum Gasteiger partial charge on any atom is 0.0917 e. The van der Waals surface area contributed by atoms with Crippen molar-refractivity contribution in [3.05, 3.63) is 34.9 Å². The van der Waals surface area contributed by atoms with Crippen LogP contribution in [-0.2, 0) is 0 Å². The number of rotatable bonds is 7. The van der Waals surface area contributed by atoms with E-state index in [9.17, 15) is 5.11 Å². The largest absolute Gasteiger partial charge is 0.387 e. The van der Waals surface area contributed by atoms with Crippen LogP contribution in [-0.4, -0.2) is 29.6 Å². The molecule has 0 amide bonds. The summed E-state index contributed by atoms with van der Waals surface area (Å²) >= 11 is 0. The topological polar surface area (TPSA) is 23.5 Å². The van der Waals surface area contributed by atoms with Crippen molar-refractivity contribution in [2.45, 2.75) is 47.1 Å². The molecule has 1 rings (SSSR count). The molecule has 0 aliphatic heterocycles. The third kappa shape index (κ3) is 5.33. The molecule has 0 bridgehead atoms. The van der Waals surface area contributed by atoms with Gasteiger partial charge in [-0.2, -0.15) is 0 Å². The summed E-state index contributed by atoms with van der Waals surface area (Å²) in [6.45, 7) is 13.6. The Morgan fingerprint density at radius 2 is 1.63 bits per heavy atom. The lowest BCUT2D eigenvalue weighted by molar-refractivity contribution is 0.107. The summed E-state index contributed by atoms with van der Waals surface area (Å²) in [6, 6.07) is 6.33. The number of aryl methyl sites for hydroxylation is 2. The number of benzene rings is 1. The molecule has 0 aliphatic rings. The summed E-state index contributed by atoms with van der Waals surface area (Å²) in [5.74, 6) is 0.686. The van der Waals surface area contributed by atoms with E-state index in [0.29, 0.717) is 5.92 Å². The first-order valence-electron chi connectivity index (χ1n) is 7.44. The molecule has 2 atom stereocenters. The standard InChI is InChI=1S/C17H29NO/c1-6-13(3)11-18(7-2)12-17(19)16-9-14(4)8-15(5)10-16/h8-10,13,17,19H,6-7,11-12H2,1-5H3. The Balaban J connectivity index is 2.68. The van der Waals surface area contributed by atoms with E-state index in [-0.39, 0.29) is 6.10 Å². The molecule has 0 radical (unpaired) electrons. The van der Waals surface area contributed by atoms with Crippen molar-refractivity contribution >= 4 is 0 Å². The van der Waals surface area contributed by atoms with E-state index in [4.69, 9.17) is 0 Å². The Labute approximate surface area is 118 Å². The van der Waals surface area contributed by atoms with Gasteiger partial charge in [-0.1, -0.05) is 56.5 Å². The lowest BCUT2D eigenvalue weighted by Crippen LogP contribution is -2.32. The third-order valence-corrected chi connectivity index (χ3v) is 3.77. The van der Waals surface area contributed by atoms with Gasteiger partial charge in [0, 0.05) is 13.1 Å². The molecule has 1 N–H and O–H groups in total. The smallest absolute Gasteiger partial charge is 0.0917 e. The SMILES string of the molecule is CCC(C)CN(CC)CC(O)c1cc(C)cc(C)c1. The van der Waals surface area contributed by atoms with Gasteiger partial charge in [-0.25, -0.2) is 0 Å². The third-order valence-electron chi connectivity index (χ3n) is 3.77. The normalized spacial score (nSPS) is 14.7. The van der Waals surface area contributed by atoms with Crippen molar-refractivity contribution in [1.82, 2.24) is 4.90 Å². The zero-order valence-electron chi connectivity index (χ0n) is 13.1. The minimum atomic E-state index is -0.386. The number of aliphatic hydroxyl groups is 1. The van der Waals surface area contributed by atoms with Gasteiger partial charge in [0.2, 0.25) is 0 Å². The molecule has 0 saturated carbocycles. The molecule has 1 aromatic rings. The van der Waals surface area contributed by atoms with Crippen LogP contribution in [0.4, 0.5) is 0 Å². The van der Waals surface area contributed by atoms with Crippen molar-refractivity contribution in [2.75, 3.05) is 19.6 Å². The number of hydrogen-bond acceptors (Lipinski definition) is 2. The van der Waals surface area contributed by atoms with E-state index in [0.717, 1.165) is 25.2 Å². The molecule has 0 saturated heterocycles. The molecule has 0 aliphatic carbocycles. The summed E-state index contributed by atoms with van der Waals surface area (Å²) in [5.41, 5.74) is 3.48. The maximum atomic E-state index is 10.4. The van der Waals surface area contributed by atoms with Crippen molar-refractivity contribution in [1.29, 1.82) is 0 Å². The van der Waals surface area contributed by atoms with Crippen LogP contribution in [0, 0.1) is 19.8 Å². The monoisotopic (exact) mass is 263 g/mol. The highest BCUT2D eigenvalue weighted by Crippen LogP contribution is 2.18.